The number of anilines is 1. The zero-order valence-electron chi connectivity index (χ0n) is 17.0. The second-order valence-corrected chi connectivity index (χ2v) is 9.30. The van der Waals surface area contributed by atoms with Crippen molar-refractivity contribution >= 4 is 27.6 Å². The highest BCUT2D eigenvalue weighted by atomic mass is 32.2. The highest BCUT2D eigenvalue weighted by molar-refractivity contribution is 7.89. The Labute approximate surface area is 176 Å². The van der Waals surface area contributed by atoms with E-state index in [1.54, 1.807) is 36.4 Å². The van der Waals surface area contributed by atoms with Crippen molar-refractivity contribution in [2.75, 3.05) is 25.0 Å². The molecule has 160 valence electrons. The van der Waals surface area contributed by atoms with Gasteiger partial charge in [-0.2, -0.15) is 4.31 Å². The monoisotopic (exact) mass is 430 g/mol. The molecule has 2 aromatic rings. The molecule has 3 N–H and O–H groups in total. The molecular formula is C21H26N4O4S. The van der Waals surface area contributed by atoms with Crippen LogP contribution in [0.25, 0.3) is 0 Å². The lowest BCUT2D eigenvalue weighted by Gasteiger charge is -2.20. The van der Waals surface area contributed by atoms with E-state index in [4.69, 9.17) is 15.9 Å². The summed E-state index contributed by atoms with van der Waals surface area (Å²) >= 11 is 0. The van der Waals surface area contributed by atoms with Crippen molar-refractivity contribution in [3.63, 3.8) is 0 Å². The van der Waals surface area contributed by atoms with Gasteiger partial charge in [0.1, 0.15) is 11.9 Å². The van der Waals surface area contributed by atoms with Gasteiger partial charge in [0.05, 0.1) is 18.0 Å². The molecule has 0 radical (unpaired) electrons. The zero-order valence-corrected chi connectivity index (χ0v) is 17.9. The fraction of sp³-hybridized carbons (Fsp3) is 0.333. The molecule has 1 aliphatic heterocycles. The van der Waals surface area contributed by atoms with Crippen LogP contribution in [0.15, 0.2) is 53.4 Å². The predicted molar refractivity (Wildman–Crippen MR) is 115 cm³/mol. The number of amides is 1. The van der Waals surface area contributed by atoms with Gasteiger partial charge in [0.2, 0.25) is 10.0 Å². The van der Waals surface area contributed by atoms with Gasteiger partial charge >= 0.3 is 6.09 Å². The molecule has 1 heterocycles. The van der Waals surface area contributed by atoms with Gasteiger partial charge < -0.3 is 10.5 Å². The summed E-state index contributed by atoms with van der Waals surface area (Å²) in [5, 5.41) is 7.54. The number of rotatable bonds is 8. The normalized spacial score (nSPS) is 16.7. The number of hydrogen-bond acceptors (Lipinski definition) is 5. The van der Waals surface area contributed by atoms with E-state index in [0.717, 1.165) is 18.4 Å². The topological polar surface area (TPSA) is 117 Å². The average Bonchev–Trinajstić information content (AvgIpc) is 3.08. The van der Waals surface area contributed by atoms with Gasteiger partial charge in [-0.15, -0.1) is 0 Å². The maximum absolute atomic E-state index is 12.9. The Morgan fingerprint density at radius 2 is 1.97 bits per heavy atom. The molecule has 1 amide bonds. The lowest BCUT2D eigenvalue weighted by molar-refractivity contribution is 0.131. The Hall–Kier alpha value is -2.91. The Kier molecular flexibility index (Phi) is 6.42. The van der Waals surface area contributed by atoms with Crippen LogP contribution in [0.2, 0.25) is 0 Å². The van der Waals surface area contributed by atoms with E-state index in [-0.39, 0.29) is 23.8 Å². The number of aryl methyl sites for hydroxylation is 1. The molecule has 30 heavy (non-hydrogen) atoms. The summed E-state index contributed by atoms with van der Waals surface area (Å²) in [4.78, 5) is 13.9. The van der Waals surface area contributed by atoms with Crippen LogP contribution in [0.4, 0.5) is 10.5 Å². The molecule has 0 bridgehead atoms. The number of benzene rings is 2. The smallest absolute Gasteiger partial charge is 0.414 e. The number of nitrogen functional groups attached to an aromatic ring is 1. The number of nitrogens with zero attached hydrogens (tertiary/aromatic N) is 2. The second-order valence-electron chi connectivity index (χ2n) is 7.26. The standard InChI is InChI=1S/C21H26N4O4S/c1-3-5-15-8-10-19(11-9-15)30(27,28)24(2)13-18-14-25(21(26)29-18)17-7-4-6-16(12-17)20(22)23/h4,6-12,18H,3,5,13-14H2,1-2H3,(H3,22,23). The molecule has 0 saturated carbocycles. The predicted octanol–water partition coefficient (Wildman–Crippen LogP) is 2.57. The third kappa shape index (κ3) is 4.63. The summed E-state index contributed by atoms with van der Waals surface area (Å²) in [5.41, 5.74) is 7.65. The van der Waals surface area contributed by atoms with Crippen LogP contribution in [-0.2, 0) is 21.2 Å². The highest BCUT2D eigenvalue weighted by Crippen LogP contribution is 2.24. The first-order valence-electron chi connectivity index (χ1n) is 9.70. The Bertz CT molecular complexity index is 1040. The summed E-state index contributed by atoms with van der Waals surface area (Å²) in [5.74, 6) is -0.100. The molecule has 1 unspecified atom stereocenters. The van der Waals surface area contributed by atoms with Crippen molar-refractivity contribution in [3.8, 4) is 0 Å². The number of nitrogens with two attached hydrogens (primary N) is 1. The van der Waals surface area contributed by atoms with Crippen LogP contribution in [-0.4, -0.2) is 50.9 Å². The van der Waals surface area contributed by atoms with Crippen LogP contribution < -0.4 is 10.6 Å². The van der Waals surface area contributed by atoms with Crippen LogP contribution in [0.3, 0.4) is 0 Å². The summed E-state index contributed by atoms with van der Waals surface area (Å²) in [6.45, 7) is 2.31. The van der Waals surface area contributed by atoms with Crippen LogP contribution in [0, 0.1) is 5.41 Å². The summed E-state index contributed by atoms with van der Waals surface area (Å²) in [6.07, 6.45) is 0.716. The quantitative estimate of drug-likeness (QED) is 0.493. The van der Waals surface area contributed by atoms with Crippen molar-refractivity contribution in [1.82, 2.24) is 4.31 Å². The molecule has 0 aliphatic carbocycles. The average molecular weight is 431 g/mol. The molecular weight excluding hydrogens is 404 g/mol. The van der Waals surface area contributed by atoms with Gasteiger partial charge in [0, 0.05) is 18.3 Å². The van der Waals surface area contributed by atoms with E-state index >= 15 is 0 Å². The van der Waals surface area contributed by atoms with Gasteiger partial charge in [0.25, 0.3) is 0 Å². The van der Waals surface area contributed by atoms with E-state index in [1.165, 1.54) is 16.3 Å². The number of cyclic esters (lactones) is 1. The maximum atomic E-state index is 12.9. The summed E-state index contributed by atoms with van der Waals surface area (Å²) in [6, 6.07) is 13.6. The molecule has 1 aliphatic rings. The number of sulfonamides is 1. The minimum Gasteiger partial charge on any atom is -0.443 e. The summed E-state index contributed by atoms with van der Waals surface area (Å²) in [7, 11) is -2.22. The molecule has 0 spiro atoms. The first-order chi connectivity index (χ1) is 14.2. The van der Waals surface area contributed by atoms with Crippen molar-refractivity contribution in [1.29, 1.82) is 5.41 Å². The Morgan fingerprint density at radius 1 is 1.27 bits per heavy atom. The lowest BCUT2D eigenvalue weighted by Crippen LogP contribution is -2.36. The number of carbonyl (C=O) groups excluding carboxylic acids is 1. The lowest BCUT2D eigenvalue weighted by atomic mass is 10.1. The van der Waals surface area contributed by atoms with Crippen LogP contribution in [0.5, 0.6) is 0 Å². The molecule has 1 atom stereocenters. The van der Waals surface area contributed by atoms with Gasteiger partial charge in [-0.05, 0) is 36.2 Å². The third-order valence-electron chi connectivity index (χ3n) is 4.97. The minimum absolute atomic E-state index is 0.0354. The van der Waals surface area contributed by atoms with Gasteiger partial charge in [-0.3, -0.25) is 10.3 Å². The zero-order chi connectivity index (χ0) is 21.9. The van der Waals surface area contributed by atoms with E-state index < -0.39 is 22.2 Å². The van der Waals surface area contributed by atoms with Crippen molar-refractivity contribution < 1.29 is 17.9 Å². The minimum atomic E-state index is -3.70. The van der Waals surface area contributed by atoms with Crippen molar-refractivity contribution in [2.45, 2.75) is 30.8 Å². The fourth-order valence-electron chi connectivity index (χ4n) is 3.35. The Balaban J connectivity index is 1.70. The van der Waals surface area contributed by atoms with E-state index in [1.807, 2.05) is 12.1 Å². The first kappa shape index (κ1) is 21.8. The molecule has 3 rings (SSSR count). The van der Waals surface area contributed by atoms with Gasteiger partial charge in [-0.25, -0.2) is 13.2 Å². The number of nitrogens with one attached hydrogen (secondary N) is 1. The largest absolute Gasteiger partial charge is 0.443 e. The van der Waals surface area contributed by atoms with E-state index in [2.05, 4.69) is 6.92 Å². The summed E-state index contributed by atoms with van der Waals surface area (Å²) < 4.78 is 32.3. The van der Waals surface area contributed by atoms with E-state index in [0.29, 0.717) is 11.3 Å². The Morgan fingerprint density at radius 3 is 2.60 bits per heavy atom. The van der Waals surface area contributed by atoms with Gasteiger partial charge in [0.15, 0.2) is 0 Å². The SMILES string of the molecule is CCCc1ccc(S(=O)(=O)N(C)CC2CN(c3cccc(C(=N)N)c3)C(=O)O2)cc1. The fourth-order valence-corrected chi connectivity index (χ4v) is 4.55. The van der Waals surface area contributed by atoms with Crippen LogP contribution in [0.1, 0.15) is 24.5 Å². The molecule has 2 aromatic carbocycles. The van der Waals surface area contributed by atoms with Crippen molar-refractivity contribution in [3.05, 3.63) is 59.7 Å². The number of ether oxygens (including phenoxy) is 1. The molecule has 9 heteroatoms. The number of carbonyl (C=O) groups is 1. The number of likely N-dealkylation sites (N-methyl/N-ethyl adjacent to an activating group) is 1. The highest BCUT2D eigenvalue weighted by Gasteiger charge is 2.35. The third-order valence-corrected chi connectivity index (χ3v) is 6.81. The molecule has 8 nitrogen and oxygen atoms in total. The molecule has 1 saturated heterocycles. The van der Waals surface area contributed by atoms with Crippen molar-refractivity contribution in [2.24, 2.45) is 5.73 Å². The second kappa shape index (κ2) is 8.85. The number of amidine groups is 1. The van der Waals surface area contributed by atoms with Gasteiger partial charge in [-0.1, -0.05) is 37.6 Å². The molecule has 0 aromatic heterocycles. The molecule has 1 fully saturated rings. The number of hydrogen-bond donors (Lipinski definition) is 2. The van der Waals surface area contributed by atoms with E-state index in [9.17, 15) is 13.2 Å². The first-order valence-corrected chi connectivity index (χ1v) is 11.1. The van der Waals surface area contributed by atoms with Crippen LogP contribution >= 0.6 is 0 Å². The maximum Gasteiger partial charge on any atom is 0.414 e.